The molecule has 1 unspecified atom stereocenters. The Morgan fingerprint density at radius 2 is 1.80 bits per heavy atom. The van der Waals surface area contributed by atoms with Gasteiger partial charge in [0.25, 0.3) is 5.69 Å². The molecule has 25 heavy (non-hydrogen) atoms. The van der Waals surface area contributed by atoms with E-state index in [9.17, 15) is 18.5 Å². The zero-order valence-corrected chi connectivity index (χ0v) is 15.2. The van der Waals surface area contributed by atoms with E-state index in [1.54, 1.807) is 30.3 Å². The summed E-state index contributed by atoms with van der Waals surface area (Å²) < 4.78 is 25.3. The normalized spacial score (nSPS) is 13.0. The van der Waals surface area contributed by atoms with E-state index < -0.39 is 14.9 Å². The molecule has 0 aliphatic carbocycles. The van der Waals surface area contributed by atoms with Crippen LogP contribution in [0, 0.1) is 10.1 Å². The second-order valence-electron chi connectivity index (χ2n) is 5.89. The molecular weight excluding hydrogens is 342 g/mol. The molecule has 2 rings (SSSR count). The Morgan fingerprint density at radius 3 is 2.36 bits per heavy atom. The first-order valence-corrected chi connectivity index (χ1v) is 9.15. The molecule has 2 aromatic carbocycles. The van der Waals surface area contributed by atoms with E-state index in [1.165, 1.54) is 30.5 Å². The minimum Gasteiger partial charge on any atom is -0.306 e. The summed E-state index contributed by atoms with van der Waals surface area (Å²) in [6.45, 7) is 2.42. The van der Waals surface area contributed by atoms with E-state index in [4.69, 9.17) is 0 Å². The molecule has 0 radical (unpaired) electrons. The van der Waals surface area contributed by atoms with Crippen LogP contribution in [0.3, 0.4) is 0 Å². The van der Waals surface area contributed by atoms with Crippen molar-refractivity contribution < 1.29 is 13.3 Å². The van der Waals surface area contributed by atoms with Crippen molar-refractivity contribution in [2.45, 2.75) is 24.4 Å². The van der Waals surface area contributed by atoms with Gasteiger partial charge in [-0.2, -0.15) is 0 Å². The number of nitrogens with zero attached hydrogens (tertiary/aromatic N) is 2. The topological polar surface area (TPSA) is 92.5 Å². The van der Waals surface area contributed by atoms with Crippen LogP contribution in [0.1, 0.15) is 24.1 Å². The largest absolute Gasteiger partial charge is 0.306 e. The Balaban J connectivity index is 2.05. The highest BCUT2D eigenvalue weighted by molar-refractivity contribution is 7.89. The smallest absolute Gasteiger partial charge is 0.269 e. The second-order valence-corrected chi connectivity index (χ2v) is 8.04. The fourth-order valence-corrected chi connectivity index (χ4v) is 3.21. The summed E-state index contributed by atoms with van der Waals surface area (Å²) in [7, 11) is -0.453. The maximum atomic E-state index is 12.1. The molecular formula is C17H21N3O4S. The highest BCUT2D eigenvalue weighted by Crippen LogP contribution is 2.19. The third-order valence-electron chi connectivity index (χ3n) is 3.89. The van der Waals surface area contributed by atoms with Crippen LogP contribution >= 0.6 is 0 Å². The van der Waals surface area contributed by atoms with Gasteiger partial charge in [-0.05, 0) is 30.2 Å². The average Bonchev–Trinajstić information content (AvgIpc) is 2.59. The van der Waals surface area contributed by atoms with Gasteiger partial charge in [-0.15, -0.1) is 0 Å². The van der Waals surface area contributed by atoms with Gasteiger partial charge >= 0.3 is 0 Å². The molecule has 0 aliphatic rings. The van der Waals surface area contributed by atoms with Crippen molar-refractivity contribution in [2.24, 2.45) is 0 Å². The van der Waals surface area contributed by atoms with Crippen LogP contribution in [0.4, 0.5) is 5.69 Å². The lowest BCUT2D eigenvalue weighted by Crippen LogP contribution is -2.22. The maximum absolute atomic E-state index is 12.1. The van der Waals surface area contributed by atoms with Crippen molar-refractivity contribution in [1.29, 1.82) is 0 Å². The van der Waals surface area contributed by atoms with Crippen LogP contribution in [-0.4, -0.2) is 31.7 Å². The van der Waals surface area contributed by atoms with Crippen LogP contribution in [0.15, 0.2) is 53.4 Å². The van der Waals surface area contributed by atoms with Crippen molar-refractivity contribution in [3.8, 4) is 0 Å². The standard InChI is InChI=1S/C17H21N3O4S/c1-13(18-12-14-5-4-6-16(11-14)20(21)22)15-7-9-17(10-8-15)25(23,24)19(2)3/h4-11,13,18H,12H2,1-3H3. The molecule has 1 N–H and O–H groups in total. The summed E-state index contributed by atoms with van der Waals surface area (Å²) >= 11 is 0. The van der Waals surface area contributed by atoms with Gasteiger partial charge in [-0.1, -0.05) is 24.3 Å². The molecule has 8 heteroatoms. The minimum atomic E-state index is -3.44. The zero-order chi connectivity index (χ0) is 18.6. The molecule has 0 amide bonds. The van der Waals surface area contributed by atoms with Crippen molar-refractivity contribution >= 4 is 15.7 Å². The molecule has 0 aromatic heterocycles. The SMILES string of the molecule is CC(NCc1cccc([N+](=O)[O-])c1)c1ccc(S(=O)(=O)N(C)C)cc1. The van der Waals surface area contributed by atoms with Gasteiger partial charge in [-0.25, -0.2) is 12.7 Å². The first kappa shape index (κ1) is 19.0. The van der Waals surface area contributed by atoms with E-state index in [2.05, 4.69) is 5.32 Å². The number of benzene rings is 2. The molecule has 0 aliphatic heterocycles. The monoisotopic (exact) mass is 363 g/mol. The number of sulfonamides is 1. The van der Waals surface area contributed by atoms with Gasteiger partial charge in [-0.3, -0.25) is 10.1 Å². The summed E-state index contributed by atoms with van der Waals surface area (Å²) in [6, 6.07) is 13.1. The lowest BCUT2D eigenvalue weighted by Gasteiger charge is -2.16. The average molecular weight is 363 g/mol. The number of nitro groups is 1. The van der Waals surface area contributed by atoms with E-state index in [-0.39, 0.29) is 16.6 Å². The van der Waals surface area contributed by atoms with Crippen LogP contribution in [0.5, 0.6) is 0 Å². The second kappa shape index (κ2) is 7.73. The lowest BCUT2D eigenvalue weighted by molar-refractivity contribution is -0.384. The predicted octanol–water partition coefficient (Wildman–Crippen LogP) is 2.70. The van der Waals surface area contributed by atoms with Crippen molar-refractivity contribution in [3.05, 3.63) is 69.8 Å². The fraction of sp³-hybridized carbons (Fsp3) is 0.294. The van der Waals surface area contributed by atoms with Crippen LogP contribution in [-0.2, 0) is 16.6 Å². The van der Waals surface area contributed by atoms with Crippen molar-refractivity contribution in [3.63, 3.8) is 0 Å². The molecule has 7 nitrogen and oxygen atoms in total. The summed E-state index contributed by atoms with van der Waals surface area (Å²) in [5.41, 5.74) is 1.81. The molecule has 0 bridgehead atoms. The lowest BCUT2D eigenvalue weighted by atomic mass is 10.1. The predicted molar refractivity (Wildman–Crippen MR) is 95.7 cm³/mol. The van der Waals surface area contributed by atoms with Crippen LogP contribution in [0.25, 0.3) is 0 Å². The maximum Gasteiger partial charge on any atom is 0.269 e. The Bertz CT molecular complexity index is 848. The van der Waals surface area contributed by atoms with E-state index in [1.807, 2.05) is 13.0 Å². The molecule has 0 saturated carbocycles. The first-order valence-electron chi connectivity index (χ1n) is 7.71. The van der Waals surface area contributed by atoms with Gasteiger partial charge in [0.1, 0.15) is 0 Å². The fourth-order valence-electron chi connectivity index (χ4n) is 2.31. The molecule has 0 heterocycles. The number of hydrogen-bond acceptors (Lipinski definition) is 5. The Morgan fingerprint density at radius 1 is 1.16 bits per heavy atom. The number of rotatable bonds is 7. The number of nitrogens with one attached hydrogen (secondary N) is 1. The third kappa shape index (κ3) is 4.62. The number of non-ortho nitro benzene ring substituents is 1. The summed E-state index contributed by atoms with van der Waals surface area (Å²) in [5, 5.41) is 14.1. The van der Waals surface area contributed by atoms with Crippen LogP contribution < -0.4 is 5.32 Å². The number of hydrogen-bond donors (Lipinski definition) is 1. The van der Waals surface area contributed by atoms with Gasteiger partial charge in [0.2, 0.25) is 10.0 Å². The van der Waals surface area contributed by atoms with Crippen molar-refractivity contribution in [1.82, 2.24) is 9.62 Å². The minimum absolute atomic E-state index is 0.0321. The quantitative estimate of drug-likeness (QED) is 0.603. The summed E-state index contributed by atoms with van der Waals surface area (Å²) in [4.78, 5) is 10.6. The molecule has 2 aromatic rings. The molecule has 0 saturated heterocycles. The van der Waals surface area contributed by atoms with E-state index in [0.29, 0.717) is 6.54 Å². The molecule has 134 valence electrons. The Hall–Kier alpha value is -2.29. The highest BCUT2D eigenvalue weighted by Gasteiger charge is 2.17. The van der Waals surface area contributed by atoms with Crippen molar-refractivity contribution in [2.75, 3.05) is 14.1 Å². The van der Waals surface area contributed by atoms with Gasteiger partial charge in [0.05, 0.1) is 9.82 Å². The molecule has 0 fully saturated rings. The van der Waals surface area contributed by atoms with Gasteiger partial charge in [0, 0.05) is 38.8 Å². The molecule has 1 atom stereocenters. The molecule has 0 spiro atoms. The van der Waals surface area contributed by atoms with Crippen LogP contribution in [0.2, 0.25) is 0 Å². The highest BCUT2D eigenvalue weighted by atomic mass is 32.2. The van der Waals surface area contributed by atoms with Gasteiger partial charge < -0.3 is 5.32 Å². The summed E-state index contributed by atoms with van der Waals surface area (Å²) in [6.07, 6.45) is 0. The third-order valence-corrected chi connectivity index (χ3v) is 5.72. The Labute approximate surface area is 147 Å². The van der Waals surface area contributed by atoms with E-state index >= 15 is 0 Å². The van der Waals surface area contributed by atoms with E-state index in [0.717, 1.165) is 11.1 Å². The number of nitro benzene ring substituents is 1. The summed E-state index contributed by atoms with van der Waals surface area (Å²) in [5.74, 6) is 0. The first-order chi connectivity index (χ1) is 11.7. The zero-order valence-electron chi connectivity index (χ0n) is 14.3. The Kier molecular flexibility index (Phi) is 5.89. The van der Waals surface area contributed by atoms with Gasteiger partial charge in [0.15, 0.2) is 0 Å².